The van der Waals surface area contributed by atoms with E-state index in [9.17, 15) is 4.79 Å². The first kappa shape index (κ1) is 8.49. The van der Waals surface area contributed by atoms with Gasteiger partial charge in [-0.2, -0.15) is 5.48 Å². The fourth-order valence-corrected chi connectivity index (χ4v) is 2.67. The molecule has 0 aromatic carbocycles. The van der Waals surface area contributed by atoms with E-state index in [0.717, 1.165) is 6.54 Å². The van der Waals surface area contributed by atoms with Crippen LogP contribution in [0.4, 0.5) is 4.79 Å². The fraction of sp³-hybridized carbons (Fsp3) is 0.889. The minimum Gasteiger partial charge on any atom is -0.447 e. The largest absolute Gasteiger partial charge is 0.447 e. The molecule has 5 nitrogen and oxygen atoms in total. The van der Waals surface area contributed by atoms with Crippen LogP contribution in [-0.4, -0.2) is 41.8 Å². The standard InChI is InChI=1S/C9H14N2O3/c1-9(2)5-3-11-6(4-13-8(11)12)7(5)10-14-9/h5-7,10H,3-4H2,1-2H3/t5-,6+,7-/m1/s1. The molecule has 0 aromatic heterocycles. The maximum absolute atomic E-state index is 11.3. The molecule has 3 atom stereocenters. The first-order valence-corrected chi connectivity index (χ1v) is 4.96. The molecule has 3 fully saturated rings. The normalized spacial score (nSPS) is 43.7. The fourth-order valence-electron chi connectivity index (χ4n) is 2.67. The zero-order valence-electron chi connectivity index (χ0n) is 8.32. The smallest absolute Gasteiger partial charge is 0.410 e. The maximum Gasteiger partial charge on any atom is 0.410 e. The molecule has 3 rings (SSSR count). The third kappa shape index (κ3) is 0.887. The van der Waals surface area contributed by atoms with Crippen molar-refractivity contribution >= 4 is 6.09 Å². The first-order chi connectivity index (χ1) is 6.59. The van der Waals surface area contributed by atoms with E-state index in [1.165, 1.54) is 0 Å². The van der Waals surface area contributed by atoms with Crippen molar-refractivity contribution in [2.24, 2.45) is 5.92 Å². The molecule has 0 aromatic rings. The number of hydrogen-bond acceptors (Lipinski definition) is 4. The average Bonchev–Trinajstić information content (AvgIpc) is 2.70. The van der Waals surface area contributed by atoms with Crippen molar-refractivity contribution in [1.29, 1.82) is 0 Å². The van der Waals surface area contributed by atoms with Crippen LogP contribution in [0, 0.1) is 5.92 Å². The molecule has 0 bridgehead atoms. The van der Waals surface area contributed by atoms with Gasteiger partial charge in [0.25, 0.3) is 0 Å². The molecule has 0 aliphatic carbocycles. The van der Waals surface area contributed by atoms with Crippen molar-refractivity contribution in [3.63, 3.8) is 0 Å². The number of carbonyl (C=O) groups is 1. The number of carbonyl (C=O) groups excluding carboxylic acids is 1. The Bertz CT molecular complexity index is 292. The number of rotatable bonds is 0. The summed E-state index contributed by atoms with van der Waals surface area (Å²) in [7, 11) is 0. The summed E-state index contributed by atoms with van der Waals surface area (Å²) in [5.41, 5.74) is 2.84. The van der Waals surface area contributed by atoms with Crippen LogP contribution in [0.15, 0.2) is 0 Å². The minimum absolute atomic E-state index is 0.161. The van der Waals surface area contributed by atoms with Crippen molar-refractivity contribution in [3.8, 4) is 0 Å². The topological polar surface area (TPSA) is 50.8 Å². The van der Waals surface area contributed by atoms with E-state index in [-0.39, 0.29) is 23.8 Å². The highest BCUT2D eigenvalue weighted by molar-refractivity contribution is 5.71. The lowest BCUT2D eigenvalue weighted by Gasteiger charge is -2.23. The van der Waals surface area contributed by atoms with Crippen LogP contribution in [0.2, 0.25) is 0 Å². The summed E-state index contributed by atoms with van der Waals surface area (Å²) in [6.07, 6.45) is -0.179. The Balaban J connectivity index is 1.89. The van der Waals surface area contributed by atoms with E-state index >= 15 is 0 Å². The van der Waals surface area contributed by atoms with Gasteiger partial charge in [0.05, 0.1) is 17.7 Å². The summed E-state index contributed by atoms with van der Waals surface area (Å²) in [6, 6.07) is 0.394. The molecule has 14 heavy (non-hydrogen) atoms. The van der Waals surface area contributed by atoms with Gasteiger partial charge in [-0.1, -0.05) is 0 Å². The van der Waals surface area contributed by atoms with Gasteiger partial charge in [0.1, 0.15) is 6.61 Å². The third-order valence-electron chi connectivity index (χ3n) is 3.60. The van der Waals surface area contributed by atoms with Gasteiger partial charge < -0.3 is 4.74 Å². The minimum atomic E-state index is -0.185. The Kier molecular flexibility index (Phi) is 1.46. The second-order valence-corrected chi connectivity index (χ2v) is 4.75. The van der Waals surface area contributed by atoms with Gasteiger partial charge in [0.2, 0.25) is 0 Å². The lowest BCUT2D eigenvalue weighted by atomic mass is 9.87. The zero-order valence-corrected chi connectivity index (χ0v) is 8.32. The molecule has 3 heterocycles. The van der Waals surface area contributed by atoms with Gasteiger partial charge in [0.15, 0.2) is 0 Å². The number of ether oxygens (including phenoxy) is 1. The van der Waals surface area contributed by atoms with Crippen molar-refractivity contribution in [2.75, 3.05) is 13.2 Å². The van der Waals surface area contributed by atoms with E-state index in [1.807, 2.05) is 4.90 Å². The number of nitrogens with zero attached hydrogens (tertiary/aromatic N) is 1. The van der Waals surface area contributed by atoms with Crippen molar-refractivity contribution in [1.82, 2.24) is 10.4 Å². The van der Waals surface area contributed by atoms with Crippen LogP contribution in [0.3, 0.4) is 0 Å². The Morgan fingerprint density at radius 1 is 1.57 bits per heavy atom. The van der Waals surface area contributed by atoms with Crippen LogP contribution < -0.4 is 5.48 Å². The van der Waals surface area contributed by atoms with Crippen LogP contribution in [0.1, 0.15) is 13.8 Å². The van der Waals surface area contributed by atoms with Gasteiger partial charge >= 0.3 is 6.09 Å². The van der Waals surface area contributed by atoms with E-state index in [1.54, 1.807) is 0 Å². The quantitative estimate of drug-likeness (QED) is 0.600. The molecule has 3 saturated heterocycles. The van der Waals surface area contributed by atoms with Crippen molar-refractivity contribution < 1.29 is 14.4 Å². The molecule has 78 valence electrons. The predicted octanol–water partition coefficient (Wildman–Crippen LogP) is 0.119. The van der Waals surface area contributed by atoms with Crippen molar-refractivity contribution in [3.05, 3.63) is 0 Å². The summed E-state index contributed by atoms with van der Waals surface area (Å²) in [6.45, 7) is 5.34. The molecule has 0 unspecified atom stereocenters. The Hall–Kier alpha value is -0.810. The molecule has 1 N–H and O–H groups in total. The number of hydroxylamine groups is 1. The summed E-state index contributed by atoms with van der Waals surface area (Å²) in [4.78, 5) is 18.7. The molecular weight excluding hydrogens is 184 g/mol. The summed E-state index contributed by atoms with van der Waals surface area (Å²) in [5.74, 6) is 0.375. The zero-order chi connectivity index (χ0) is 9.92. The molecule has 1 amide bonds. The van der Waals surface area contributed by atoms with Gasteiger partial charge in [-0.3, -0.25) is 9.74 Å². The molecular formula is C9H14N2O3. The highest BCUT2D eigenvalue weighted by Gasteiger charge is 2.57. The van der Waals surface area contributed by atoms with E-state index < -0.39 is 0 Å². The maximum atomic E-state index is 11.3. The second kappa shape index (κ2) is 2.41. The Labute approximate surface area is 82.3 Å². The lowest BCUT2D eigenvalue weighted by Crippen LogP contribution is -2.39. The highest BCUT2D eigenvalue weighted by Crippen LogP contribution is 2.40. The van der Waals surface area contributed by atoms with Gasteiger partial charge in [-0.25, -0.2) is 4.79 Å². The second-order valence-electron chi connectivity index (χ2n) is 4.75. The average molecular weight is 198 g/mol. The molecule has 3 aliphatic rings. The number of fused-ring (bicyclic) bond motifs is 3. The van der Waals surface area contributed by atoms with Gasteiger partial charge in [0, 0.05) is 12.5 Å². The number of hydrogen-bond donors (Lipinski definition) is 1. The monoisotopic (exact) mass is 198 g/mol. The van der Waals surface area contributed by atoms with E-state index in [4.69, 9.17) is 9.57 Å². The van der Waals surface area contributed by atoms with Crippen LogP contribution in [-0.2, 0) is 9.57 Å². The SMILES string of the molecule is CC1(C)ON[C@@H]2[C@H]1CN1C(=O)OC[C@@H]21. The molecule has 0 radical (unpaired) electrons. The Morgan fingerprint density at radius 3 is 3.14 bits per heavy atom. The van der Waals surface area contributed by atoms with Crippen LogP contribution >= 0.6 is 0 Å². The number of nitrogens with one attached hydrogen (secondary N) is 1. The molecule has 5 heteroatoms. The van der Waals surface area contributed by atoms with Gasteiger partial charge in [-0.05, 0) is 13.8 Å². The van der Waals surface area contributed by atoms with Crippen LogP contribution in [0.5, 0.6) is 0 Å². The molecule has 0 saturated carbocycles. The lowest BCUT2D eigenvalue weighted by molar-refractivity contribution is -0.0529. The highest BCUT2D eigenvalue weighted by atomic mass is 16.7. The number of amides is 1. The predicted molar refractivity (Wildman–Crippen MR) is 47.4 cm³/mol. The Morgan fingerprint density at radius 2 is 2.36 bits per heavy atom. The molecule has 0 spiro atoms. The third-order valence-corrected chi connectivity index (χ3v) is 3.60. The summed E-state index contributed by atoms with van der Waals surface area (Å²) < 4.78 is 4.99. The summed E-state index contributed by atoms with van der Waals surface area (Å²) >= 11 is 0. The first-order valence-electron chi connectivity index (χ1n) is 4.96. The van der Waals surface area contributed by atoms with Crippen LogP contribution in [0.25, 0.3) is 0 Å². The summed E-state index contributed by atoms with van der Waals surface area (Å²) in [5, 5.41) is 0. The van der Waals surface area contributed by atoms with E-state index in [2.05, 4.69) is 19.3 Å². The van der Waals surface area contributed by atoms with E-state index in [0.29, 0.717) is 12.5 Å². The van der Waals surface area contributed by atoms with Crippen molar-refractivity contribution in [2.45, 2.75) is 31.5 Å². The van der Waals surface area contributed by atoms with Gasteiger partial charge in [-0.15, -0.1) is 0 Å². The molecule has 3 aliphatic heterocycles. The number of cyclic esters (lactones) is 1.